The van der Waals surface area contributed by atoms with Crippen molar-refractivity contribution in [3.63, 3.8) is 0 Å². The zero-order valence-electron chi connectivity index (χ0n) is 11.9. The van der Waals surface area contributed by atoms with Crippen molar-refractivity contribution in [3.05, 3.63) is 35.7 Å². The summed E-state index contributed by atoms with van der Waals surface area (Å²) in [6, 6.07) is 9.54. The number of nitrogens with one attached hydrogen (secondary N) is 1. The summed E-state index contributed by atoms with van der Waals surface area (Å²) in [4.78, 5) is 29.3. The van der Waals surface area contributed by atoms with E-state index >= 15 is 0 Å². The van der Waals surface area contributed by atoms with E-state index in [2.05, 4.69) is 10.3 Å². The van der Waals surface area contributed by atoms with Crippen molar-refractivity contribution in [1.82, 2.24) is 9.88 Å². The molecule has 1 saturated heterocycles. The summed E-state index contributed by atoms with van der Waals surface area (Å²) in [7, 11) is 0. The van der Waals surface area contributed by atoms with E-state index < -0.39 is 0 Å². The van der Waals surface area contributed by atoms with Gasteiger partial charge in [0.1, 0.15) is 0 Å². The minimum atomic E-state index is -0.351. The number of urea groups is 1. The van der Waals surface area contributed by atoms with E-state index in [1.54, 1.807) is 4.90 Å². The average Bonchev–Trinajstić information content (AvgIpc) is 3.17. The van der Waals surface area contributed by atoms with Crippen molar-refractivity contribution >= 4 is 28.4 Å². The normalized spacial score (nSPS) is 17.5. The topological polar surface area (TPSA) is 88.3 Å². The Hall–Kier alpha value is -2.41. The smallest absolute Gasteiger partial charge is 0.323 e. The average molecular weight is 316 g/mol. The van der Waals surface area contributed by atoms with E-state index in [4.69, 9.17) is 5.73 Å². The number of anilines is 1. The van der Waals surface area contributed by atoms with Crippen LogP contribution in [0.15, 0.2) is 35.7 Å². The molecule has 0 bridgehead atoms. The van der Waals surface area contributed by atoms with Gasteiger partial charge in [-0.25, -0.2) is 9.78 Å². The number of hydrogen-bond donors (Lipinski definition) is 2. The van der Waals surface area contributed by atoms with Crippen LogP contribution >= 0.6 is 11.3 Å². The molecule has 3 N–H and O–H groups in total. The summed E-state index contributed by atoms with van der Waals surface area (Å²) < 4.78 is 0. The van der Waals surface area contributed by atoms with Crippen LogP contribution < -0.4 is 11.1 Å². The van der Waals surface area contributed by atoms with Crippen LogP contribution in [0, 0.1) is 5.92 Å². The van der Waals surface area contributed by atoms with Crippen molar-refractivity contribution in [2.24, 2.45) is 11.7 Å². The van der Waals surface area contributed by atoms with Crippen LogP contribution in [-0.4, -0.2) is 34.9 Å². The van der Waals surface area contributed by atoms with Crippen LogP contribution in [0.25, 0.3) is 11.3 Å². The fraction of sp³-hybridized carbons (Fsp3) is 0.267. The Morgan fingerprint density at radius 2 is 2.09 bits per heavy atom. The van der Waals surface area contributed by atoms with Gasteiger partial charge in [-0.05, 0) is 6.42 Å². The summed E-state index contributed by atoms with van der Waals surface area (Å²) in [6.45, 7) is 0.911. The predicted molar refractivity (Wildman–Crippen MR) is 85.4 cm³/mol. The van der Waals surface area contributed by atoms with Gasteiger partial charge in [-0.1, -0.05) is 30.3 Å². The lowest BCUT2D eigenvalue weighted by Crippen LogP contribution is -2.34. The number of nitrogens with zero attached hydrogens (tertiary/aromatic N) is 2. The number of carbonyl (C=O) groups excluding carboxylic acids is 2. The quantitative estimate of drug-likeness (QED) is 0.909. The zero-order valence-corrected chi connectivity index (χ0v) is 12.7. The Kier molecular flexibility index (Phi) is 4.06. The van der Waals surface area contributed by atoms with Gasteiger partial charge in [0, 0.05) is 24.0 Å². The summed E-state index contributed by atoms with van der Waals surface area (Å²) >= 11 is 1.38. The molecular weight excluding hydrogens is 300 g/mol. The Morgan fingerprint density at radius 3 is 2.77 bits per heavy atom. The molecule has 2 heterocycles. The number of rotatable bonds is 3. The second-order valence-electron chi connectivity index (χ2n) is 5.17. The maximum atomic E-state index is 12.2. The lowest BCUT2D eigenvalue weighted by atomic mass is 10.1. The van der Waals surface area contributed by atoms with Crippen molar-refractivity contribution in [3.8, 4) is 11.3 Å². The summed E-state index contributed by atoms with van der Waals surface area (Å²) in [5.74, 6) is -0.599. The summed E-state index contributed by atoms with van der Waals surface area (Å²) in [5.41, 5.74) is 7.11. The molecule has 2 aromatic rings. The lowest BCUT2D eigenvalue weighted by Gasteiger charge is -2.15. The minimum Gasteiger partial charge on any atom is -0.369 e. The molecule has 22 heavy (non-hydrogen) atoms. The summed E-state index contributed by atoms with van der Waals surface area (Å²) in [5, 5.41) is 5.23. The van der Waals surface area contributed by atoms with Crippen molar-refractivity contribution in [1.29, 1.82) is 0 Å². The first-order valence-electron chi connectivity index (χ1n) is 6.99. The van der Waals surface area contributed by atoms with Gasteiger partial charge in [0.15, 0.2) is 5.13 Å². The van der Waals surface area contributed by atoms with Crippen molar-refractivity contribution in [2.45, 2.75) is 6.42 Å². The number of primary amides is 1. The fourth-order valence-electron chi connectivity index (χ4n) is 2.42. The Labute approximate surface area is 132 Å². The molecule has 1 aliphatic heterocycles. The molecule has 1 aromatic carbocycles. The molecule has 114 valence electrons. The first kappa shape index (κ1) is 14.5. The molecule has 7 heteroatoms. The van der Waals surface area contributed by atoms with Gasteiger partial charge in [-0.2, -0.15) is 0 Å². The number of aromatic nitrogens is 1. The highest BCUT2D eigenvalue weighted by Gasteiger charge is 2.29. The standard InChI is InChI=1S/C15H16N4O2S/c16-13(20)11-6-7-19(8-11)15(21)18-14-17-12(9-22-14)10-4-2-1-3-5-10/h1-5,9,11H,6-8H2,(H2,16,20)(H,17,18,21). The lowest BCUT2D eigenvalue weighted by molar-refractivity contribution is -0.121. The number of nitrogens with two attached hydrogens (primary N) is 1. The van der Waals surface area contributed by atoms with E-state index in [9.17, 15) is 9.59 Å². The van der Waals surface area contributed by atoms with E-state index in [0.29, 0.717) is 24.6 Å². The Balaban J connectivity index is 1.63. The second kappa shape index (κ2) is 6.15. The van der Waals surface area contributed by atoms with Crippen molar-refractivity contribution < 1.29 is 9.59 Å². The van der Waals surface area contributed by atoms with Crippen LogP contribution in [0.1, 0.15) is 6.42 Å². The van der Waals surface area contributed by atoms with Crippen LogP contribution in [0.2, 0.25) is 0 Å². The maximum Gasteiger partial charge on any atom is 0.323 e. The van der Waals surface area contributed by atoms with Crippen LogP contribution in [-0.2, 0) is 4.79 Å². The number of hydrogen-bond acceptors (Lipinski definition) is 4. The van der Waals surface area contributed by atoms with Gasteiger partial charge >= 0.3 is 6.03 Å². The molecule has 1 aromatic heterocycles. The molecule has 0 radical (unpaired) electrons. The molecule has 3 amide bonds. The first-order chi connectivity index (χ1) is 10.6. The maximum absolute atomic E-state index is 12.2. The number of likely N-dealkylation sites (tertiary alicyclic amines) is 1. The third kappa shape index (κ3) is 3.09. The molecule has 3 rings (SSSR count). The molecular formula is C15H16N4O2S. The van der Waals surface area contributed by atoms with Crippen LogP contribution in [0.4, 0.5) is 9.93 Å². The van der Waals surface area contributed by atoms with Gasteiger partial charge in [-0.15, -0.1) is 11.3 Å². The van der Waals surface area contributed by atoms with Crippen LogP contribution in [0.5, 0.6) is 0 Å². The second-order valence-corrected chi connectivity index (χ2v) is 6.03. The van der Waals surface area contributed by atoms with Gasteiger partial charge in [-0.3, -0.25) is 10.1 Å². The van der Waals surface area contributed by atoms with Gasteiger partial charge in [0.05, 0.1) is 11.6 Å². The Morgan fingerprint density at radius 1 is 1.32 bits per heavy atom. The highest BCUT2D eigenvalue weighted by molar-refractivity contribution is 7.14. The van der Waals surface area contributed by atoms with E-state index in [0.717, 1.165) is 11.3 Å². The molecule has 6 nitrogen and oxygen atoms in total. The molecule has 1 atom stereocenters. The molecule has 0 spiro atoms. The first-order valence-corrected chi connectivity index (χ1v) is 7.87. The number of thiazole rings is 1. The monoisotopic (exact) mass is 316 g/mol. The SMILES string of the molecule is NC(=O)C1CCN(C(=O)Nc2nc(-c3ccccc3)cs2)C1. The number of benzene rings is 1. The predicted octanol–water partition coefficient (Wildman–Crippen LogP) is 2.15. The minimum absolute atomic E-state index is 0.238. The molecule has 0 saturated carbocycles. The van der Waals surface area contributed by atoms with Gasteiger partial charge in [0.2, 0.25) is 5.91 Å². The van der Waals surface area contributed by atoms with Gasteiger partial charge in [0.25, 0.3) is 0 Å². The fourth-order valence-corrected chi connectivity index (χ4v) is 3.13. The Bertz CT molecular complexity index is 686. The number of amides is 3. The highest BCUT2D eigenvalue weighted by Crippen LogP contribution is 2.25. The molecule has 1 unspecified atom stereocenters. The van der Waals surface area contributed by atoms with E-state index in [1.165, 1.54) is 11.3 Å². The molecule has 1 aliphatic rings. The van der Waals surface area contributed by atoms with Crippen LogP contribution in [0.3, 0.4) is 0 Å². The molecule has 1 fully saturated rings. The van der Waals surface area contributed by atoms with Crippen molar-refractivity contribution in [2.75, 3.05) is 18.4 Å². The highest BCUT2D eigenvalue weighted by atomic mass is 32.1. The van der Waals surface area contributed by atoms with Gasteiger partial charge < -0.3 is 10.6 Å². The largest absolute Gasteiger partial charge is 0.369 e. The van der Waals surface area contributed by atoms with E-state index in [-0.39, 0.29) is 17.9 Å². The third-order valence-electron chi connectivity index (χ3n) is 3.67. The zero-order chi connectivity index (χ0) is 15.5. The number of carbonyl (C=O) groups is 2. The summed E-state index contributed by atoms with van der Waals surface area (Å²) in [6.07, 6.45) is 0.621. The third-order valence-corrected chi connectivity index (χ3v) is 4.42. The molecule has 0 aliphatic carbocycles. The van der Waals surface area contributed by atoms with E-state index in [1.807, 2.05) is 35.7 Å².